The van der Waals surface area contributed by atoms with E-state index in [0.717, 1.165) is 30.6 Å². The van der Waals surface area contributed by atoms with E-state index in [2.05, 4.69) is 4.72 Å². The van der Waals surface area contributed by atoms with Crippen molar-refractivity contribution in [3.8, 4) is 0 Å². The minimum atomic E-state index is -3.55. The van der Waals surface area contributed by atoms with Crippen molar-refractivity contribution in [1.29, 1.82) is 0 Å². The number of hydrogen-bond acceptors (Lipinski definition) is 4. The molecule has 0 aliphatic carbocycles. The second-order valence-electron chi connectivity index (χ2n) is 5.30. The van der Waals surface area contributed by atoms with Gasteiger partial charge in [0.2, 0.25) is 10.0 Å². The zero-order valence-corrected chi connectivity index (χ0v) is 12.8. The van der Waals surface area contributed by atoms with E-state index in [1.165, 1.54) is 0 Å². The molecule has 1 fully saturated rings. The van der Waals surface area contributed by atoms with Gasteiger partial charge in [0.1, 0.15) is 4.90 Å². The predicted octanol–water partition coefficient (Wildman–Crippen LogP) is 1.73. The van der Waals surface area contributed by atoms with Gasteiger partial charge < -0.3 is 10.5 Å². The Balaban J connectivity index is 2.04. The molecular formula is C14H22N2O3S. The average molecular weight is 298 g/mol. The van der Waals surface area contributed by atoms with E-state index in [0.29, 0.717) is 13.0 Å². The van der Waals surface area contributed by atoms with Gasteiger partial charge in [0.15, 0.2) is 0 Å². The highest BCUT2D eigenvalue weighted by molar-refractivity contribution is 7.89. The van der Waals surface area contributed by atoms with Crippen LogP contribution in [-0.2, 0) is 14.8 Å². The van der Waals surface area contributed by atoms with Gasteiger partial charge in [-0.1, -0.05) is 0 Å². The van der Waals surface area contributed by atoms with E-state index >= 15 is 0 Å². The minimum absolute atomic E-state index is 0.160. The maximum Gasteiger partial charge on any atom is 0.242 e. The van der Waals surface area contributed by atoms with Crippen LogP contribution in [0.15, 0.2) is 17.0 Å². The molecule has 0 saturated carbocycles. The maximum absolute atomic E-state index is 12.3. The molecule has 1 saturated heterocycles. The first-order valence-electron chi connectivity index (χ1n) is 6.88. The van der Waals surface area contributed by atoms with Gasteiger partial charge in [-0.05, 0) is 56.4 Å². The third-order valence-corrected chi connectivity index (χ3v) is 5.21. The summed E-state index contributed by atoms with van der Waals surface area (Å²) in [5.74, 6) is 0. The molecule has 1 aliphatic heterocycles. The highest BCUT2D eigenvalue weighted by Crippen LogP contribution is 2.22. The smallest absolute Gasteiger partial charge is 0.242 e. The molecule has 1 aromatic rings. The van der Waals surface area contributed by atoms with Crippen molar-refractivity contribution in [2.24, 2.45) is 0 Å². The number of sulfonamides is 1. The van der Waals surface area contributed by atoms with Crippen molar-refractivity contribution in [2.45, 2.75) is 44.1 Å². The van der Waals surface area contributed by atoms with Crippen molar-refractivity contribution < 1.29 is 13.2 Å². The van der Waals surface area contributed by atoms with E-state index in [1.54, 1.807) is 12.1 Å². The number of anilines is 1. The molecule has 1 unspecified atom stereocenters. The van der Waals surface area contributed by atoms with Crippen LogP contribution < -0.4 is 10.5 Å². The van der Waals surface area contributed by atoms with Crippen LogP contribution in [-0.4, -0.2) is 27.7 Å². The van der Waals surface area contributed by atoms with Gasteiger partial charge in [-0.15, -0.1) is 0 Å². The number of nitrogen functional groups attached to an aromatic ring is 1. The molecule has 0 amide bonds. The summed E-state index contributed by atoms with van der Waals surface area (Å²) in [6, 6.07) is 3.32. The molecule has 1 aromatic carbocycles. The standard InChI is InChI=1S/C14H22N2O3S/c1-10-8-13(15)14(9-11(10)2)20(17,18)16-6-5-12-4-3-7-19-12/h8-9,12,16H,3-7,15H2,1-2H3. The fourth-order valence-electron chi connectivity index (χ4n) is 2.35. The van der Waals surface area contributed by atoms with Crippen LogP contribution in [0.25, 0.3) is 0 Å². The quantitative estimate of drug-likeness (QED) is 0.811. The van der Waals surface area contributed by atoms with Gasteiger partial charge in [-0.25, -0.2) is 13.1 Å². The molecule has 112 valence electrons. The molecule has 0 spiro atoms. The molecule has 5 nitrogen and oxygen atoms in total. The molecule has 6 heteroatoms. The van der Waals surface area contributed by atoms with Gasteiger partial charge in [-0.2, -0.15) is 0 Å². The van der Waals surface area contributed by atoms with Crippen molar-refractivity contribution in [3.05, 3.63) is 23.3 Å². The monoisotopic (exact) mass is 298 g/mol. The highest BCUT2D eigenvalue weighted by atomic mass is 32.2. The molecule has 1 aliphatic rings. The lowest BCUT2D eigenvalue weighted by Crippen LogP contribution is -2.28. The van der Waals surface area contributed by atoms with Crippen molar-refractivity contribution in [3.63, 3.8) is 0 Å². The van der Waals surface area contributed by atoms with Crippen LogP contribution >= 0.6 is 0 Å². The lowest BCUT2D eigenvalue weighted by molar-refractivity contribution is 0.105. The van der Waals surface area contributed by atoms with E-state index in [-0.39, 0.29) is 16.7 Å². The van der Waals surface area contributed by atoms with Crippen LogP contribution in [0.1, 0.15) is 30.4 Å². The molecule has 0 aromatic heterocycles. The lowest BCUT2D eigenvalue weighted by Gasteiger charge is -2.13. The molecule has 1 atom stereocenters. The minimum Gasteiger partial charge on any atom is -0.398 e. The van der Waals surface area contributed by atoms with Gasteiger partial charge in [0, 0.05) is 13.2 Å². The van der Waals surface area contributed by atoms with Crippen molar-refractivity contribution in [2.75, 3.05) is 18.9 Å². The molecule has 1 heterocycles. The molecule has 0 bridgehead atoms. The molecule has 0 radical (unpaired) electrons. The Morgan fingerprint density at radius 1 is 1.35 bits per heavy atom. The van der Waals surface area contributed by atoms with Crippen LogP contribution in [0, 0.1) is 13.8 Å². The first-order chi connectivity index (χ1) is 9.40. The fraction of sp³-hybridized carbons (Fsp3) is 0.571. The molecular weight excluding hydrogens is 276 g/mol. The summed E-state index contributed by atoms with van der Waals surface area (Å²) in [6.07, 6.45) is 2.94. The van der Waals surface area contributed by atoms with Gasteiger partial charge >= 0.3 is 0 Å². The first kappa shape index (κ1) is 15.3. The third-order valence-electron chi connectivity index (χ3n) is 3.70. The second-order valence-corrected chi connectivity index (χ2v) is 7.03. The van der Waals surface area contributed by atoms with Crippen molar-refractivity contribution >= 4 is 15.7 Å². The number of nitrogens with one attached hydrogen (secondary N) is 1. The summed E-state index contributed by atoms with van der Waals surface area (Å²) in [6.45, 7) is 4.94. The number of aryl methyl sites for hydroxylation is 2. The fourth-order valence-corrected chi connectivity index (χ4v) is 3.59. The Bertz CT molecular complexity index is 578. The predicted molar refractivity (Wildman–Crippen MR) is 79.1 cm³/mol. The summed E-state index contributed by atoms with van der Waals surface area (Å²) < 4.78 is 32.6. The summed E-state index contributed by atoms with van der Waals surface area (Å²) in [4.78, 5) is 0.160. The Morgan fingerprint density at radius 2 is 2.05 bits per heavy atom. The highest BCUT2D eigenvalue weighted by Gasteiger charge is 2.20. The van der Waals surface area contributed by atoms with E-state index in [4.69, 9.17) is 10.5 Å². The summed E-state index contributed by atoms with van der Waals surface area (Å²) >= 11 is 0. The van der Waals surface area contributed by atoms with Gasteiger partial charge in [-0.3, -0.25) is 0 Å². The summed E-state index contributed by atoms with van der Waals surface area (Å²) in [7, 11) is -3.55. The normalized spacial score (nSPS) is 19.4. The molecule has 2 rings (SSSR count). The van der Waals surface area contributed by atoms with Gasteiger partial charge in [0.05, 0.1) is 11.8 Å². The number of benzene rings is 1. The first-order valence-corrected chi connectivity index (χ1v) is 8.36. The number of hydrogen-bond donors (Lipinski definition) is 2. The Hall–Kier alpha value is -1.11. The number of rotatable bonds is 5. The van der Waals surface area contributed by atoms with Crippen LogP contribution in [0.2, 0.25) is 0 Å². The third kappa shape index (κ3) is 3.50. The van der Waals surface area contributed by atoms with E-state index in [1.807, 2.05) is 13.8 Å². The van der Waals surface area contributed by atoms with Crippen LogP contribution in [0.3, 0.4) is 0 Å². The second kappa shape index (κ2) is 6.11. The van der Waals surface area contributed by atoms with E-state index < -0.39 is 10.0 Å². The average Bonchev–Trinajstić information content (AvgIpc) is 2.86. The SMILES string of the molecule is Cc1cc(N)c(S(=O)(=O)NCCC2CCCO2)cc1C. The zero-order valence-electron chi connectivity index (χ0n) is 12.0. The number of ether oxygens (including phenoxy) is 1. The molecule has 20 heavy (non-hydrogen) atoms. The summed E-state index contributed by atoms with van der Waals surface area (Å²) in [5.41, 5.74) is 8.02. The van der Waals surface area contributed by atoms with Crippen LogP contribution in [0.4, 0.5) is 5.69 Å². The van der Waals surface area contributed by atoms with Gasteiger partial charge in [0.25, 0.3) is 0 Å². The maximum atomic E-state index is 12.3. The Morgan fingerprint density at radius 3 is 2.70 bits per heavy atom. The largest absolute Gasteiger partial charge is 0.398 e. The lowest BCUT2D eigenvalue weighted by atomic mass is 10.1. The Kier molecular flexibility index (Phi) is 4.67. The topological polar surface area (TPSA) is 81.4 Å². The van der Waals surface area contributed by atoms with E-state index in [9.17, 15) is 8.42 Å². The van der Waals surface area contributed by atoms with Crippen molar-refractivity contribution in [1.82, 2.24) is 4.72 Å². The Labute approximate surface area is 120 Å². The number of nitrogens with two attached hydrogens (primary N) is 1. The van der Waals surface area contributed by atoms with Crippen LogP contribution in [0.5, 0.6) is 0 Å². The zero-order chi connectivity index (χ0) is 14.8. The summed E-state index contributed by atoms with van der Waals surface area (Å²) in [5, 5.41) is 0. The molecule has 3 N–H and O–H groups in total.